The van der Waals surface area contributed by atoms with Crippen molar-refractivity contribution in [2.75, 3.05) is 12.4 Å². The molecule has 29 heavy (non-hydrogen) atoms. The van der Waals surface area contributed by atoms with Crippen LogP contribution in [0.1, 0.15) is 17.2 Å². The van der Waals surface area contributed by atoms with Gasteiger partial charge in [-0.15, -0.1) is 0 Å². The van der Waals surface area contributed by atoms with Crippen LogP contribution in [0.5, 0.6) is 5.75 Å². The maximum Gasteiger partial charge on any atom is 0.192 e. The van der Waals surface area contributed by atoms with Crippen molar-refractivity contribution in [3.8, 4) is 5.75 Å². The van der Waals surface area contributed by atoms with E-state index in [-0.39, 0.29) is 5.78 Å². The summed E-state index contributed by atoms with van der Waals surface area (Å²) in [6.07, 6.45) is 1.29. The smallest absolute Gasteiger partial charge is 0.192 e. The van der Waals surface area contributed by atoms with Crippen LogP contribution in [0.15, 0.2) is 96.7 Å². The van der Waals surface area contributed by atoms with Gasteiger partial charge < -0.3 is 15.8 Å². The van der Waals surface area contributed by atoms with Crippen molar-refractivity contribution in [3.05, 3.63) is 108 Å². The van der Waals surface area contributed by atoms with Crippen molar-refractivity contribution in [3.63, 3.8) is 0 Å². The number of carbonyl (C=O) groups excluding carboxylic acids is 1. The van der Waals surface area contributed by atoms with Crippen LogP contribution < -0.4 is 15.8 Å². The van der Waals surface area contributed by atoms with E-state index in [0.29, 0.717) is 16.2 Å². The normalized spacial score (nSPS) is 12.1. The first-order valence-electron chi connectivity index (χ1n) is 9.15. The maximum absolute atomic E-state index is 13.5. The molecule has 0 fully saturated rings. The maximum atomic E-state index is 13.5. The van der Waals surface area contributed by atoms with E-state index in [2.05, 4.69) is 5.32 Å². The monoisotopic (exact) mass is 402 g/mol. The van der Waals surface area contributed by atoms with Crippen molar-refractivity contribution in [2.24, 2.45) is 5.73 Å². The number of nitrogens with two attached hydrogens (primary N) is 1. The van der Waals surface area contributed by atoms with Crippen molar-refractivity contribution >= 4 is 28.6 Å². The number of carbonyl (C=O) groups is 1. The second-order valence-electron chi connectivity index (χ2n) is 6.36. The average molecular weight is 403 g/mol. The second kappa shape index (κ2) is 9.66. The minimum atomic E-state index is -0.653. The molecule has 0 spiro atoms. The number of hydrogen-bond donors (Lipinski definition) is 2. The van der Waals surface area contributed by atoms with Crippen molar-refractivity contribution in [2.45, 2.75) is 6.04 Å². The van der Waals surface area contributed by atoms with E-state index in [1.54, 1.807) is 7.11 Å². The van der Waals surface area contributed by atoms with Gasteiger partial charge in [0.1, 0.15) is 11.8 Å². The van der Waals surface area contributed by atoms with Crippen LogP contribution in [-0.4, -0.2) is 17.8 Å². The Hall–Kier alpha value is -3.44. The van der Waals surface area contributed by atoms with E-state index in [4.69, 9.17) is 22.7 Å². The topological polar surface area (TPSA) is 64.3 Å². The molecule has 1 unspecified atom stereocenters. The molecule has 0 saturated heterocycles. The molecule has 0 amide bonds. The fourth-order valence-corrected chi connectivity index (χ4v) is 3.30. The minimum Gasteiger partial charge on any atom is -0.497 e. The molecule has 0 saturated carbocycles. The third-order valence-corrected chi connectivity index (χ3v) is 4.94. The van der Waals surface area contributed by atoms with Gasteiger partial charge in [-0.05, 0) is 23.3 Å². The van der Waals surface area contributed by atoms with E-state index >= 15 is 0 Å². The molecule has 4 nitrogen and oxygen atoms in total. The molecular weight excluding hydrogens is 380 g/mol. The number of thiocarbonyl (C=S) groups is 1. The second-order valence-corrected chi connectivity index (χ2v) is 6.77. The Morgan fingerprint density at radius 1 is 1.00 bits per heavy atom. The Morgan fingerprint density at radius 3 is 2.28 bits per heavy atom. The van der Waals surface area contributed by atoms with Gasteiger partial charge in [-0.3, -0.25) is 4.79 Å². The zero-order valence-electron chi connectivity index (χ0n) is 16.0. The average Bonchev–Trinajstić information content (AvgIpc) is 2.79. The molecule has 0 radical (unpaired) electrons. The zero-order valence-corrected chi connectivity index (χ0v) is 16.9. The van der Waals surface area contributed by atoms with Crippen LogP contribution in [0.4, 0.5) is 5.69 Å². The molecule has 1 atom stereocenters. The Bertz CT molecular complexity index is 1020. The van der Waals surface area contributed by atoms with Crippen LogP contribution in [0.2, 0.25) is 0 Å². The number of methoxy groups -OCH3 is 1. The van der Waals surface area contributed by atoms with Crippen LogP contribution in [0.3, 0.4) is 0 Å². The van der Waals surface area contributed by atoms with Gasteiger partial charge in [0.15, 0.2) is 5.78 Å². The summed E-state index contributed by atoms with van der Waals surface area (Å²) >= 11 is 5.57. The molecular formula is C24H22N2O2S. The Morgan fingerprint density at radius 2 is 1.66 bits per heavy atom. The SMILES string of the molecule is COc1cccc(NC(C(=O)C(=CN)C(=S)c2ccccc2)c2ccccc2)c1. The van der Waals surface area contributed by atoms with Crippen LogP contribution >= 0.6 is 12.2 Å². The van der Waals surface area contributed by atoms with Gasteiger partial charge in [0.25, 0.3) is 0 Å². The standard InChI is InChI=1S/C24H22N2O2S/c1-28-20-14-8-13-19(15-20)26-22(17-9-4-2-5-10-17)23(27)21(16-25)24(29)18-11-6-3-7-12-18/h2-16,22,26H,25H2,1H3. The summed E-state index contributed by atoms with van der Waals surface area (Å²) < 4.78 is 5.29. The van der Waals surface area contributed by atoms with Crippen molar-refractivity contribution < 1.29 is 9.53 Å². The first-order valence-corrected chi connectivity index (χ1v) is 9.56. The lowest BCUT2D eigenvalue weighted by molar-refractivity contribution is -0.115. The first-order chi connectivity index (χ1) is 14.1. The molecule has 0 bridgehead atoms. The van der Waals surface area contributed by atoms with Gasteiger partial charge in [-0.1, -0.05) is 78.9 Å². The van der Waals surface area contributed by atoms with Crippen LogP contribution in [0, 0.1) is 0 Å². The third kappa shape index (κ3) is 4.89. The zero-order chi connectivity index (χ0) is 20.6. The summed E-state index contributed by atoms with van der Waals surface area (Å²) in [5.41, 5.74) is 8.50. The summed E-state index contributed by atoms with van der Waals surface area (Å²) in [7, 11) is 1.60. The highest BCUT2D eigenvalue weighted by Gasteiger charge is 2.26. The quantitative estimate of drug-likeness (QED) is 0.325. The predicted octanol–water partition coefficient (Wildman–Crippen LogP) is 4.68. The third-order valence-electron chi connectivity index (χ3n) is 4.49. The Kier molecular flexibility index (Phi) is 6.76. The summed E-state index contributed by atoms with van der Waals surface area (Å²) in [5.74, 6) is 0.499. The molecule has 0 aliphatic carbocycles. The summed E-state index contributed by atoms with van der Waals surface area (Å²) in [6, 6.07) is 25.7. The van der Waals surface area contributed by atoms with E-state index < -0.39 is 6.04 Å². The minimum absolute atomic E-state index is 0.199. The number of nitrogens with one attached hydrogen (secondary N) is 1. The van der Waals surface area contributed by atoms with Crippen molar-refractivity contribution in [1.29, 1.82) is 0 Å². The van der Waals surface area contributed by atoms with E-state index in [9.17, 15) is 4.79 Å². The van der Waals surface area contributed by atoms with Gasteiger partial charge in [-0.25, -0.2) is 0 Å². The number of anilines is 1. The lowest BCUT2D eigenvalue weighted by Gasteiger charge is -2.21. The first kappa shape index (κ1) is 20.3. The molecule has 3 aromatic carbocycles. The number of hydrogen-bond acceptors (Lipinski definition) is 5. The summed E-state index contributed by atoms with van der Waals surface area (Å²) in [6.45, 7) is 0. The molecule has 3 aromatic rings. The number of benzene rings is 3. The van der Waals surface area contributed by atoms with E-state index in [1.807, 2.05) is 84.9 Å². The van der Waals surface area contributed by atoms with Gasteiger partial charge >= 0.3 is 0 Å². The summed E-state index contributed by atoms with van der Waals surface area (Å²) in [5, 5.41) is 3.31. The number of ether oxygens (including phenoxy) is 1. The van der Waals surface area contributed by atoms with Crippen molar-refractivity contribution in [1.82, 2.24) is 0 Å². The largest absolute Gasteiger partial charge is 0.497 e. The van der Waals surface area contributed by atoms with Gasteiger partial charge in [0.2, 0.25) is 0 Å². The number of ketones is 1. The fourth-order valence-electron chi connectivity index (χ4n) is 3.00. The molecule has 5 heteroatoms. The van der Waals surface area contributed by atoms with Crippen LogP contribution in [0.25, 0.3) is 0 Å². The van der Waals surface area contributed by atoms with Crippen LogP contribution in [-0.2, 0) is 4.79 Å². The molecule has 0 aliphatic heterocycles. The molecule has 3 N–H and O–H groups in total. The molecule has 0 aromatic heterocycles. The highest BCUT2D eigenvalue weighted by Crippen LogP contribution is 2.27. The summed E-state index contributed by atoms with van der Waals surface area (Å²) in [4.78, 5) is 13.9. The Labute approximate surface area is 176 Å². The highest BCUT2D eigenvalue weighted by molar-refractivity contribution is 7.81. The van der Waals surface area contributed by atoms with Gasteiger partial charge in [-0.2, -0.15) is 0 Å². The number of rotatable bonds is 8. The number of Topliss-reactive ketones (excluding diaryl/α,β-unsaturated/α-hetero) is 1. The lowest BCUT2D eigenvalue weighted by Crippen LogP contribution is -2.26. The molecule has 0 heterocycles. The molecule has 3 rings (SSSR count). The van der Waals surface area contributed by atoms with Gasteiger partial charge in [0, 0.05) is 18.0 Å². The fraction of sp³-hybridized carbons (Fsp3) is 0.0833. The van der Waals surface area contributed by atoms with Gasteiger partial charge in [0.05, 0.1) is 17.5 Å². The Balaban J connectivity index is 1.96. The predicted molar refractivity (Wildman–Crippen MR) is 121 cm³/mol. The highest BCUT2D eigenvalue weighted by atomic mass is 32.1. The lowest BCUT2D eigenvalue weighted by atomic mass is 9.93. The molecule has 146 valence electrons. The van der Waals surface area contributed by atoms with E-state index in [0.717, 1.165) is 16.8 Å². The van der Waals surface area contributed by atoms with E-state index in [1.165, 1.54) is 6.20 Å². The molecule has 0 aliphatic rings.